The van der Waals surface area contributed by atoms with E-state index in [9.17, 15) is 13.5 Å². The quantitative estimate of drug-likeness (QED) is 0.295. The summed E-state index contributed by atoms with van der Waals surface area (Å²) in [4.78, 5) is 4.35. The van der Waals surface area contributed by atoms with Crippen molar-refractivity contribution in [1.29, 1.82) is 0 Å². The van der Waals surface area contributed by atoms with Gasteiger partial charge in [-0.1, -0.05) is 0 Å². The first-order valence-corrected chi connectivity index (χ1v) is 13.9. The Kier molecular flexibility index (Phi) is 8.45. The Balaban J connectivity index is 1.43. The molecule has 1 aromatic carbocycles. The summed E-state index contributed by atoms with van der Waals surface area (Å²) in [5.41, 5.74) is 2.36. The van der Waals surface area contributed by atoms with Crippen molar-refractivity contribution < 1.29 is 31.9 Å². The third-order valence-electron chi connectivity index (χ3n) is 5.80. The maximum absolute atomic E-state index is 11.2. The van der Waals surface area contributed by atoms with Gasteiger partial charge in [0.15, 0.2) is 6.23 Å². The number of pyridine rings is 1. The molecule has 10 nitrogen and oxygen atoms in total. The molecule has 1 unspecified atom stereocenters. The van der Waals surface area contributed by atoms with Gasteiger partial charge in [0.2, 0.25) is 0 Å². The number of aromatic nitrogens is 3. The highest BCUT2D eigenvalue weighted by molar-refractivity contribution is 7.86. The monoisotopic (exact) mass is 519 g/mol. The molecule has 1 fully saturated rings. The Bertz CT molecular complexity index is 1270. The number of rotatable bonds is 11. The van der Waals surface area contributed by atoms with Crippen LogP contribution in [0.25, 0.3) is 22.2 Å². The Morgan fingerprint density at radius 3 is 2.78 bits per heavy atom. The number of phenolic OH excluding ortho intramolecular Hbond substituents is 1. The summed E-state index contributed by atoms with van der Waals surface area (Å²) in [6, 6.07) is 7.10. The molecule has 4 rings (SSSR count). The second-order valence-corrected chi connectivity index (χ2v) is 10.7. The number of benzene rings is 1. The van der Waals surface area contributed by atoms with Crippen molar-refractivity contribution in [2.75, 3.05) is 26.1 Å². The van der Waals surface area contributed by atoms with Crippen LogP contribution in [0.5, 0.6) is 11.5 Å². The minimum atomic E-state index is -3.50. The predicted molar refractivity (Wildman–Crippen MR) is 134 cm³/mol. The molecule has 0 bridgehead atoms. The third-order valence-corrected chi connectivity index (χ3v) is 6.48. The predicted octanol–water partition coefficient (Wildman–Crippen LogP) is 4.04. The van der Waals surface area contributed by atoms with Crippen molar-refractivity contribution in [3.8, 4) is 22.8 Å². The van der Waals surface area contributed by atoms with E-state index in [-0.39, 0.29) is 24.7 Å². The first kappa shape index (κ1) is 26.3. The number of hydrogen-bond acceptors (Lipinski definition) is 9. The first-order chi connectivity index (χ1) is 17.2. The lowest BCUT2D eigenvalue weighted by molar-refractivity contribution is -0.0365. The molecule has 1 aliphatic heterocycles. The molecule has 0 spiro atoms. The van der Waals surface area contributed by atoms with E-state index >= 15 is 0 Å². The second kappa shape index (κ2) is 11.5. The molecule has 0 saturated carbocycles. The molecule has 1 N–H and O–H groups in total. The summed E-state index contributed by atoms with van der Waals surface area (Å²) in [7, 11) is -3.50. The molecule has 0 amide bonds. The zero-order valence-corrected chi connectivity index (χ0v) is 21.6. The lowest BCUT2D eigenvalue weighted by atomic mass is 10.1. The summed E-state index contributed by atoms with van der Waals surface area (Å²) in [6.07, 6.45) is 7.13. The number of hydrogen-bond donors (Lipinski definition) is 1. The lowest BCUT2D eigenvalue weighted by Crippen LogP contribution is -2.21. The number of nitrogens with zero attached hydrogens (tertiary/aromatic N) is 3. The van der Waals surface area contributed by atoms with Gasteiger partial charge in [-0.2, -0.15) is 13.5 Å². The van der Waals surface area contributed by atoms with Crippen molar-refractivity contribution in [1.82, 2.24) is 14.8 Å². The fourth-order valence-electron chi connectivity index (χ4n) is 4.21. The van der Waals surface area contributed by atoms with Crippen LogP contribution in [0.1, 0.15) is 45.8 Å². The standard InChI is InChI=1S/C25H33N3O7S/c1-17(9-11-32-16-18(2)35-36(3,30)31)34-21-12-19(14-26-15-21)25-22-13-20(29)7-8-23(22)28(27-25)24-6-4-5-10-33-24/h7-8,12-15,17-18,24,29H,4-6,9-11,16H2,1-3H3/t17-,18-,24?/m0/s1. The largest absolute Gasteiger partial charge is 0.508 e. The van der Waals surface area contributed by atoms with Gasteiger partial charge >= 0.3 is 0 Å². The van der Waals surface area contributed by atoms with Crippen LogP contribution in [-0.2, 0) is 23.8 Å². The van der Waals surface area contributed by atoms with E-state index in [1.807, 2.05) is 23.7 Å². The Hall–Kier alpha value is -2.73. The highest BCUT2D eigenvalue weighted by Crippen LogP contribution is 2.35. The van der Waals surface area contributed by atoms with E-state index in [4.69, 9.17) is 23.5 Å². The maximum atomic E-state index is 11.2. The molecule has 3 aromatic rings. The van der Waals surface area contributed by atoms with E-state index in [0.717, 1.165) is 42.0 Å². The minimum absolute atomic E-state index is 0.141. The normalized spacial score (nSPS) is 18.2. The fourth-order valence-corrected chi connectivity index (χ4v) is 4.86. The number of fused-ring (bicyclic) bond motifs is 1. The van der Waals surface area contributed by atoms with Crippen LogP contribution in [-0.4, -0.2) is 66.6 Å². The summed E-state index contributed by atoms with van der Waals surface area (Å²) >= 11 is 0. The van der Waals surface area contributed by atoms with Crippen LogP contribution < -0.4 is 4.74 Å². The van der Waals surface area contributed by atoms with Gasteiger partial charge in [0, 0.05) is 30.2 Å². The van der Waals surface area contributed by atoms with Gasteiger partial charge in [-0.25, -0.2) is 4.68 Å². The van der Waals surface area contributed by atoms with E-state index < -0.39 is 16.2 Å². The van der Waals surface area contributed by atoms with Crippen molar-refractivity contribution in [3.63, 3.8) is 0 Å². The molecule has 0 radical (unpaired) electrons. The summed E-state index contributed by atoms with van der Waals surface area (Å²) in [6.45, 7) is 4.83. The molecule has 3 heterocycles. The highest BCUT2D eigenvalue weighted by atomic mass is 32.2. The van der Waals surface area contributed by atoms with Gasteiger partial charge in [0.1, 0.15) is 17.2 Å². The van der Waals surface area contributed by atoms with Gasteiger partial charge in [-0.3, -0.25) is 9.17 Å². The average Bonchev–Trinajstić information content (AvgIpc) is 3.20. The molecule has 3 atom stereocenters. The average molecular weight is 520 g/mol. The van der Waals surface area contributed by atoms with Crippen molar-refractivity contribution in [2.24, 2.45) is 0 Å². The van der Waals surface area contributed by atoms with Gasteiger partial charge < -0.3 is 19.3 Å². The fraction of sp³-hybridized carbons (Fsp3) is 0.520. The molecule has 0 aliphatic carbocycles. The van der Waals surface area contributed by atoms with Crippen molar-refractivity contribution in [2.45, 2.75) is 58.0 Å². The zero-order chi connectivity index (χ0) is 25.7. The minimum Gasteiger partial charge on any atom is -0.508 e. The highest BCUT2D eigenvalue weighted by Gasteiger charge is 2.22. The lowest BCUT2D eigenvalue weighted by Gasteiger charge is -2.23. The molecular weight excluding hydrogens is 486 g/mol. The summed E-state index contributed by atoms with van der Waals surface area (Å²) in [5.74, 6) is 0.753. The number of ether oxygens (including phenoxy) is 3. The molecule has 196 valence electrons. The van der Waals surface area contributed by atoms with Gasteiger partial charge in [-0.15, -0.1) is 0 Å². The van der Waals surface area contributed by atoms with Gasteiger partial charge in [0.05, 0.1) is 43.4 Å². The Morgan fingerprint density at radius 1 is 1.19 bits per heavy atom. The van der Waals surface area contributed by atoms with E-state index in [1.165, 1.54) is 0 Å². The Morgan fingerprint density at radius 2 is 2.03 bits per heavy atom. The second-order valence-electron chi connectivity index (χ2n) is 9.13. The van der Waals surface area contributed by atoms with Gasteiger partial charge in [0.25, 0.3) is 10.1 Å². The molecule has 1 saturated heterocycles. The molecule has 1 aliphatic rings. The maximum Gasteiger partial charge on any atom is 0.264 e. The summed E-state index contributed by atoms with van der Waals surface area (Å²) < 4.78 is 46.6. The van der Waals surface area contributed by atoms with Crippen molar-refractivity contribution in [3.05, 3.63) is 36.7 Å². The number of phenols is 1. The van der Waals surface area contributed by atoms with Crippen LogP contribution in [0.3, 0.4) is 0 Å². The molecular formula is C25H33N3O7S. The number of aromatic hydroxyl groups is 1. The van der Waals surface area contributed by atoms with Crippen LogP contribution in [0.4, 0.5) is 0 Å². The van der Waals surface area contributed by atoms with Crippen LogP contribution >= 0.6 is 0 Å². The van der Waals surface area contributed by atoms with Crippen LogP contribution in [0.15, 0.2) is 36.7 Å². The molecule has 36 heavy (non-hydrogen) atoms. The third kappa shape index (κ3) is 6.94. The first-order valence-electron chi connectivity index (χ1n) is 12.1. The van der Waals surface area contributed by atoms with Crippen molar-refractivity contribution >= 4 is 21.0 Å². The van der Waals surface area contributed by atoms with E-state index in [2.05, 4.69) is 4.98 Å². The summed E-state index contributed by atoms with van der Waals surface area (Å²) in [5, 5.41) is 15.8. The van der Waals surface area contributed by atoms with Crippen LogP contribution in [0, 0.1) is 0 Å². The van der Waals surface area contributed by atoms with Gasteiger partial charge in [-0.05, 0) is 57.4 Å². The SMILES string of the molecule is C[C@@H](CCOC[C@H](C)OS(C)(=O)=O)Oc1cncc(-c2nn(C3CCCCO3)c3ccc(O)cc23)c1. The van der Waals surface area contributed by atoms with E-state index in [0.29, 0.717) is 31.1 Å². The van der Waals surface area contributed by atoms with Crippen LogP contribution in [0.2, 0.25) is 0 Å². The zero-order valence-electron chi connectivity index (χ0n) is 20.8. The molecule has 2 aromatic heterocycles. The van der Waals surface area contributed by atoms with E-state index in [1.54, 1.807) is 31.5 Å². The molecule has 11 heteroatoms. The Labute approximate surface area is 211 Å². The topological polar surface area (TPSA) is 122 Å². The smallest absolute Gasteiger partial charge is 0.264 e.